The second-order valence-corrected chi connectivity index (χ2v) is 5.02. The topological polar surface area (TPSA) is 98.9 Å². The van der Waals surface area contributed by atoms with Gasteiger partial charge in [-0.15, -0.1) is 0 Å². The Kier molecular flexibility index (Phi) is 4.64. The van der Waals surface area contributed by atoms with Crippen LogP contribution in [-0.2, 0) is 4.79 Å². The summed E-state index contributed by atoms with van der Waals surface area (Å²) in [4.78, 5) is 27.4. The highest BCUT2D eigenvalue weighted by atomic mass is 16.3. The van der Waals surface area contributed by atoms with Crippen LogP contribution in [0.5, 0.6) is 5.75 Å². The maximum absolute atomic E-state index is 12.3. The standard InChI is InChI=1S/C14H20N4O3/c1-16-13(20)9-17-4-6-18(7-5-17)14(21)10-2-3-11(15)12(19)8-10/h2-3,8,19H,4-7,9,15H2,1H3,(H,16,20). The Balaban J connectivity index is 1.93. The molecule has 0 bridgehead atoms. The largest absolute Gasteiger partial charge is 0.506 e. The molecule has 0 spiro atoms. The number of nitrogen functional groups attached to an aromatic ring is 1. The average Bonchev–Trinajstić information content (AvgIpc) is 2.50. The molecule has 21 heavy (non-hydrogen) atoms. The molecule has 2 rings (SSSR count). The van der Waals surface area contributed by atoms with Crippen molar-refractivity contribution in [3.05, 3.63) is 23.8 Å². The highest BCUT2D eigenvalue weighted by Crippen LogP contribution is 2.21. The molecule has 0 unspecified atom stereocenters. The molecular formula is C14H20N4O3. The number of benzene rings is 1. The van der Waals surface area contributed by atoms with E-state index in [4.69, 9.17) is 5.73 Å². The number of hydrogen-bond acceptors (Lipinski definition) is 5. The molecule has 0 aromatic heterocycles. The lowest BCUT2D eigenvalue weighted by molar-refractivity contribution is -0.122. The first kappa shape index (κ1) is 15.1. The monoisotopic (exact) mass is 292 g/mol. The molecule has 0 saturated carbocycles. The van der Waals surface area contributed by atoms with Crippen LogP contribution in [0.25, 0.3) is 0 Å². The number of carbonyl (C=O) groups is 2. The van der Waals surface area contributed by atoms with Crippen LogP contribution in [-0.4, -0.2) is 66.5 Å². The zero-order valence-corrected chi connectivity index (χ0v) is 12.0. The van der Waals surface area contributed by atoms with Crippen molar-refractivity contribution < 1.29 is 14.7 Å². The van der Waals surface area contributed by atoms with E-state index in [0.29, 0.717) is 38.3 Å². The van der Waals surface area contributed by atoms with Crippen LogP contribution in [0.2, 0.25) is 0 Å². The van der Waals surface area contributed by atoms with Gasteiger partial charge in [0.2, 0.25) is 5.91 Å². The van der Waals surface area contributed by atoms with Crippen LogP contribution >= 0.6 is 0 Å². The predicted octanol–water partition coefficient (Wildman–Crippen LogP) is -0.522. The Morgan fingerprint density at radius 1 is 1.29 bits per heavy atom. The van der Waals surface area contributed by atoms with Gasteiger partial charge in [-0.25, -0.2) is 0 Å². The molecule has 0 aliphatic carbocycles. The lowest BCUT2D eigenvalue weighted by atomic mass is 10.1. The molecule has 7 nitrogen and oxygen atoms in total. The van der Waals surface area contributed by atoms with Crippen molar-refractivity contribution in [3.8, 4) is 5.75 Å². The van der Waals surface area contributed by atoms with Gasteiger partial charge in [0.05, 0.1) is 12.2 Å². The van der Waals surface area contributed by atoms with Crippen LogP contribution in [0.15, 0.2) is 18.2 Å². The number of amides is 2. The van der Waals surface area contributed by atoms with Gasteiger partial charge in [-0.2, -0.15) is 0 Å². The quantitative estimate of drug-likeness (QED) is 0.514. The number of nitrogens with zero attached hydrogens (tertiary/aromatic N) is 2. The number of phenolic OH excluding ortho intramolecular Hbond substituents is 1. The van der Waals surface area contributed by atoms with E-state index in [1.807, 2.05) is 4.90 Å². The first-order chi connectivity index (χ1) is 10.0. The third kappa shape index (κ3) is 3.63. The summed E-state index contributed by atoms with van der Waals surface area (Å²) in [5.74, 6) is -0.248. The summed E-state index contributed by atoms with van der Waals surface area (Å²) in [7, 11) is 1.61. The smallest absolute Gasteiger partial charge is 0.254 e. The number of piperazine rings is 1. The lowest BCUT2D eigenvalue weighted by Crippen LogP contribution is -2.50. The minimum absolute atomic E-state index is 0.0294. The van der Waals surface area contributed by atoms with Crippen LogP contribution in [0.3, 0.4) is 0 Å². The Labute approximate surface area is 123 Å². The molecule has 7 heteroatoms. The number of likely N-dealkylation sites (N-methyl/N-ethyl adjacent to an activating group) is 1. The summed E-state index contributed by atoms with van der Waals surface area (Å²) in [5, 5.41) is 12.2. The summed E-state index contributed by atoms with van der Waals surface area (Å²) in [6, 6.07) is 4.51. The maximum atomic E-state index is 12.3. The van der Waals surface area contributed by atoms with Gasteiger partial charge in [0.1, 0.15) is 5.75 Å². The van der Waals surface area contributed by atoms with E-state index >= 15 is 0 Å². The predicted molar refractivity (Wildman–Crippen MR) is 78.9 cm³/mol. The van der Waals surface area contributed by atoms with Crippen molar-refractivity contribution in [2.24, 2.45) is 0 Å². The summed E-state index contributed by atoms with van der Waals surface area (Å²) >= 11 is 0. The highest BCUT2D eigenvalue weighted by Gasteiger charge is 2.23. The lowest BCUT2D eigenvalue weighted by Gasteiger charge is -2.34. The van der Waals surface area contributed by atoms with Crippen LogP contribution in [0.4, 0.5) is 5.69 Å². The Hall–Kier alpha value is -2.28. The number of hydrogen-bond donors (Lipinski definition) is 3. The van der Waals surface area contributed by atoms with Crippen LogP contribution in [0.1, 0.15) is 10.4 Å². The van der Waals surface area contributed by atoms with E-state index in [2.05, 4.69) is 5.32 Å². The van der Waals surface area contributed by atoms with Crippen molar-refractivity contribution in [2.75, 3.05) is 45.5 Å². The fourth-order valence-corrected chi connectivity index (χ4v) is 2.25. The molecule has 1 heterocycles. The molecule has 2 amide bonds. The molecule has 0 radical (unpaired) electrons. The molecule has 1 aromatic carbocycles. The van der Waals surface area contributed by atoms with E-state index in [-0.39, 0.29) is 23.3 Å². The van der Waals surface area contributed by atoms with Crippen LogP contribution in [0, 0.1) is 0 Å². The Morgan fingerprint density at radius 2 is 1.95 bits per heavy atom. The molecule has 1 aliphatic rings. The fourth-order valence-electron chi connectivity index (χ4n) is 2.25. The third-order valence-electron chi connectivity index (χ3n) is 3.58. The van der Waals surface area contributed by atoms with Crippen molar-refractivity contribution in [1.82, 2.24) is 15.1 Å². The van der Waals surface area contributed by atoms with Crippen molar-refractivity contribution in [3.63, 3.8) is 0 Å². The summed E-state index contributed by atoms with van der Waals surface area (Å²) < 4.78 is 0. The van der Waals surface area contributed by atoms with E-state index < -0.39 is 0 Å². The van der Waals surface area contributed by atoms with Gasteiger partial charge in [-0.1, -0.05) is 0 Å². The Bertz CT molecular complexity index is 539. The fraction of sp³-hybridized carbons (Fsp3) is 0.429. The van der Waals surface area contributed by atoms with Crippen molar-refractivity contribution in [2.45, 2.75) is 0 Å². The van der Waals surface area contributed by atoms with E-state index in [9.17, 15) is 14.7 Å². The highest BCUT2D eigenvalue weighted by molar-refractivity contribution is 5.95. The average molecular weight is 292 g/mol. The summed E-state index contributed by atoms with van der Waals surface area (Å²) in [6.07, 6.45) is 0. The number of aromatic hydroxyl groups is 1. The summed E-state index contributed by atoms with van der Waals surface area (Å²) in [5.41, 5.74) is 6.20. The number of nitrogens with two attached hydrogens (primary N) is 1. The van der Waals surface area contributed by atoms with E-state index in [1.54, 1.807) is 18.0 Å². The second-order valence-electron chi connectivity index (χ2n) is 5.02. The molecule has 1 fully saturated rings. The van der Waals surface area contributed by atoms with Gasteiger partial charge >= 0.3 is 0 Å². The molecule has 1 saturated heterocycles. The van der Waals surface area contributed by atoms with Gasteiger partial charge in [0.25, 0.3) is 5.91 Å². The third-order valence-corrected chi connectivity index (χ3v) is 3.58. The number of nitrogens with one attached hydrogen (secondary N) is 1. The number of carbonyl (C=O) groups excluding carboxylic acids is 2. The first-order valence-electron chi connectivity index (χ1n) is 6.82. The molecule has 114 valence electrons. The molecule has 0 atom stereocenters. The molecule has 1 aromatic rings. The normalized spacial score (nSPS) is 15.8. The Morgan fingerprint density at radius 3 is 2.52 bits per heavy atom. The van der Waals surface area contributed by atoms with E-state index in [1.165, 1.54) is 12.1 Å². The number of rotatable bonds is 3. The van der Waals surface area contributed by atoms with Gasteiger partial charge in [-0.05, 0) is 18.2 Å². The van der Waals surface area contributed by atoms with Crippen molar-refractivity contribution >= 4 is 17.5 Å². The summed E-state index contributed by atoms with van der Waals surface area (Å²) in [6.45, 7) is 2.77. The minimum atomic E-state index is -0.134. The zero-order valence-electron chi connectivity index (χ0n) is 12.0. The first-order valence-corrected chi connectivity index (χ1v) is 6.82. The zero-order chi connectivity index (χ0) is 15.4. The number of anilines is 1. The molecule has 1 aliphatic heterocycles. The van der Waals surface area contributed by atoms with Gasteiger partial charge in [0.15, 0.2) is 0 Å². The molecular weight excluding hydrogens is 272 g/mol. The second kappa shape index (κ2) is 6.45. The van der Waals surface area contributed by atoms with Gasteiger partial charge in [0, 0.05) is 38.8 Å². The number of phenols is 1. The van der Waals surface area contributed by atoms with E-state index in [0.717, 1.165) is 0 Å². The minimum Gasteiger partial charge on any atom is -0.506 e. The van der Waals surface area contributed by atoms with Gasteiger partial charge < -0.3 is 21.1 Å². The maximum Gasteiger partial charge on any atom is 0.254 e. The van der Waals surface area contributed by atoms with Crippen molar-refractivity contribution in [1.29, 1.82) is 0 Å². The van der Waals surface area contributed by atoms with Crippen LogP contribution < -0.4 is 11.1 Å². The van der Waals surface area contributed by atoms with Gasteiger partial charge in [-0.3, -0.25) is 14.5 Å². The molecule has 4 N–H and O–H groups in total. The SMILES string of the molecule is CNC(=O)CN1CCN(C(=O)c2ccc(N)c(O)c2)CC1.